The van der Waals surface area contributed by atoms with Crippen molar-refractivity contribution in [1.82, 2.24) is 9.88 Å². The number of hydrogen-bond donors (Lipinski definition) is 1. The number of fused-ring (bicyclic) bond motifs is 1. The van der Waals surface area contributed by atoms with E-state index in [2.05, 4.69) is 5.32 Å². The molecule has 2 heterocycles. The van der Waals surface area contributed by atoms with E-state index in [4.69, 9.17) is 9.15 Å². The number of aromatic nitrogens is 1. The molecule has 0 unspecified atom stereocenters. The molecule has 5 nitrogen and oxygen atoms in total. The van der Waals surface area contributed by atoms with Crippen LogP contribution < -0.4 is 10.1 Å². The Kier molecular flexibility index (Phi) is 4.14. The maximum atomic E-state index is 12.0. The van der Waals surface area contributed by atoms with E-state index in [0.29, 0.717) is 19.5 Å². The number of amides is 1. The molecule has 0 atom stereocenters. The van der Waals surface area contributed by atoms with Gasteiger partial charge in [0.1, 0.15) is 18.1 Å². The molecule has 3 aromatic rings. The van der Waals surface area contributed by atoms with Crippen molar-refractivity contribution in [3.8, 4) is 5.75 Å². The number of methoxy groups -OCH3 is 1. The summed E-state index contributed by atoms with van der Waals surface area (Å²) in [5, 5.41) is 3.96. The van der Waals surface area contributed by atoms with Gasteiger partial charge in [0, 0.05) is 30.1 Å². The second-order valence-electron chi connectivity index (χ2n) is 5.05. The third-order valence-electron chi connectivity index (χ3n) is 3.57. The van der Waals surface area contributed by atoms with E-state index in [1.165, 1.54) is 0 Å². The van der Waals surface area contributed by atoms with Crippen LogP contribution in [0.2, 0.25) is 0 Å². The summed E-state index contributed by atoms with van der Waals surface area (Å²) < 4.78 is 12.4. The van der Waals surface area contributed by atoms with E-state index in [1.54, 1.807) is 13.4 Å². The van der Waals surface area contributed by atoms with E-state index in [9.17, 15) is 4.79 Å². The van der Waals surface area contributed by atoms with Crippen LogP contribution in [-0.2, 0) is 17.8 Å². The summed E-state index contributed by atoms with van der Waals surface area (Å²) in [5.41, 5.74) is 1.02. The van der Waals surface area contributed by atoms with Crippen molar-refractivity contribution in [1.29, 1.82) is 0 Å². The molecule has 2 aromatic heterocycles. The van der Waals surface area contributed by atoms with Gasteiger partial charge in [-0.3, -0.25) is 4.79 Å². The van der Waals surface area contributed by atoms with Crippen LogP contribution in [0.15, 0.2) is 53.3 Å². The smallest absolute Gasteiger partial charge is 0.239 e. The van der Waals surface area contributed by atoms with Crippen molar-refractivity contribution in [2.45, 2.75) is 13.0 Å². The second kappa shape index (κ2) is 6.39. The highest BCUT2D eigenvalue weighted by molar-refractivity contribution is 5.84. The van der Waals surface area contributed by atoms with Crippen molar-refractivity contribution in [2.24, 2.45) is 0 Å². The number of carbonyl (C=O) groups is 1. The zero-order chi connectivity index (χ0) is 15.4. The first-order valence-electron chi connectivity index (χ1n) is 7.18. The van der Waals surface area contributed by atoms with Gasteiger partial charge in [-0.1, -0.05) is 0 Å². The van der Waals surface area contributed by atoms with Crippen LogP contribution in [0.4, 0.5) is 0 Å². The highest BCUT2D eigenvalue weighted by Gasteiger charge is 2.07. The number of rotatable bonds is 6. The standard InChI is InChI=1S/C17H18N2O3/c1-21-15-4-5-16-13(11-15)7-9-19(16)12-17(20)18-8-6-14-3-2-10-22-14/h2-5,7,9-11H,6,8,12H2,1H3,(H,18,20). The maximum absolute atomic E-state index is 12.0. The Morgan fingerprint density at radius 3 is 3.00 bits per heavy atom. The second-order valence-corrected chi connectivity index (χ2v) is 5.05. The van der Waals surface area contributed by atoms with Crippen molar-refractivity contribution >= 4 is 16.8 Å². The average molecular weight is 298 g/mol. The Morgan fingerprint density at radius 2 is 2.23 bits per heavy atom. The van der Waals surface area contributed by atoms with Crippen LogP contribution in [0, 0.1) is 0 Å². The predicted octanol–water partition coefficient (Wildman–Crippen LogP) is 2.60. The topological polar surface area (TPSA) is 56.4 Å². The normalized spacial score (nSPS) is 10.8. The molecule has 0 aliphatic rings. The molecule has 0 saturated heterocycles. The molecule has 0 radical (unpaired) electrons. The number of nitrogens with one attached hydrogen (secondary N) is 1. The lowest BCUT2D eigenvalue weighted by atomic mass is 10.2. The molecule has 5 heteroatoms. The van der Waals surface area contributed by atoms with Crippen LogP contribution in [0.25, 0.3) is 10.9 Å². The van der Waals surface area contributed by atoms with Gasteiger partial charge in [-0.15, -0.1) is 0 Å². The molecule has 22 heavy (non-hydrogen) atoms. The Labute approximate surface area is 128 Å². The van der Waals surface area contributed by atoms with Gasteiger partial charge in [-0.05, 0) is 36.4 Å². The summed E-state index contributed by atoms with van der Waals surface area (Å²) in [6.45, 7) is 0.868. The zero-order valence-corrected chi connectivity index (χ0v) is 12.4. The number of hydrogen-bond acceptors (Lipinski definition) is 3. The molecule has 0 aliphatic heterocycles. The molecule has 0 fully saturated rings. The van der Waals surface area contributed by atoms with Gasteiger partial charge in [0.05, 0.1) is 13.4 Å². The van der Waals surface area contributed by atoms with E-state index in [-0.39, 0.29) is 5.91 Å². The minimum absolute atomic E-state index is 0.0140. The fourth-order valence-electron chi connectivity index (χ4n) is 2.43. The molecule has 114 valence electrons. The minimum atomic E-state index is -0.0140. The van der Waals surface area contributed by atoms with Crippen molar-refractivity contribution in [3.05, 3.63) is 54.6 Å². The van der Waals surface area contributed by atoms with E-state index < -0.39 is 0 Å². The molecule has 0 spiro atoms. The fourth-order valence-corrected chi connectivity index (χ4v) is 2.43. The van der Waals surface area contributed by atoms with Gasteiger partial charge in [0.2, 0.25) is 5.91 Å². The summed E-state index contributed by atoms with van der Waals surface area (Å²) in [4.78, 5) is 12.0. The van der Waals surface area contributed by atoms with Crippen LogP contribution in [0.3, 0.4) is 0 Å². The number of ether oxygens (including phenoxy) is 1. The molecule has 0 bridgehead atoms. The third-order valence-corrected chi connectivity index (χ3v) is 3.57. The Bertz CT molecular complexity index is 759. The Balaban J connectivity index is 1.59. The number of benzene rings is 1. The van der Waals surface area contributed by atoms with Crippen LogP contribution >= 0.6 is 0 Å². The maximum Gasteiger partial charge on any atom is 0.239 e. The third kappa shape index (κ3) is 3.14. The first kappa shape index (κ1) is 14.3. The monoisotopic (exact) mass is 298 g/mol. The molecule has 0 saturated carbocycles. The largest absolute Gasteiger partial charge is 0.497 e. The van der Waals surface area contributed by atoms with Crippen molar-refractivity contribution < 1.29 is 13.9 Å². The Hall–Kier alpha value is -2.69. The van der Waals surface area contributed by atoms with E-state index in [0.717, 1.165) is 22.4 Å². The van der Waals surface area contributed by atoms with Crippen LogP contribution in [0.5, 0.6) is 5.75 Å². The average Bonchev–Trinajstić information content (AvgIpc) is 3.17. The minimum Gasteiger partial charge on any atom is -0.497 e. The highest BCUT2D eigenvalue weighted by Crippen LogP contribution is 2.21. The lowest BCUT2D eigenvalue weighted by molar-refractivity contribution is -0.121. The number of carbonyl (C=O) groups excluding carboxylic acids is 1. The van der Waals surface area contributed by atoms with Gasteiger partial charge in [-0.25, -0.2) is 0 Å². The predicted molar refractivity (Wildman–Crippen MR) is 83.9 cm³/mol. The fraction of sp³-hybridized carbons (Fsp3) is 0.235. The number of nitrogens with zero attached hydrogens (tertiary/aromatic N) is 1. The van der Waals surface area contributed by atoms with Crippen LogP contribution in [-0.4, -0.2) is 24.1 Å². The summed E-state index contributed by atoms with van der Waals surface area (Å²) in [6.07, 6.45) is 4.25. The Morgan fingerprint density at radius 1 is 1.32 bits per heavy atom. The molecule has 1 aromatic carbocycles. The van der Waals surface area contributed by atoms with Gasteiger partial charge < -0.3 is 19.0 Å². The SMILES string of the molecule is COc1ccc2c(ccn2CC(=O)NCCc2ccco2)c1. The first-order valence-corrected chi connectivity index (χ1v) is 7.18. The quantitative estimate of drug-likeness (QED) is 0.761. The molecule has 1 amide bonds. The lowest BCUT2D eigenvalue weighted by Crippen LogP contribution is -2.29. The zero-order valence-electron chi connectivity index (χ0n) is 12.4. The van der Waals surface area contributed by atoms with Crippen molar-refractivity contribution in [3.63, 3.8) is 0 Å². The van der Waals surface area contributed by atoms with Gasteiger partial charge in [-0.2, -0.15) is 0 Å². The molecular formula is C17H18N2O3. The first-order chi connectivity index (χ1) is 10.8. The molecule has 1 N–H and O–H groups in total. The van der Waals surface area contributed by atoms with Crippen LogP contribution in [0.1, 0.15) is 5.76 Å². The summed E-state index contributed by atoms with van der Waals surface area (Å²) in [5.74, 6) is 1.67. The molecule has 0 aliphatic carbocycles. The van der Waals surface area contributed by atoms with Gasteiger partial charge >= 0.3 is 0 Å². The highest BCUT2D eigenvalue weighted by atomic mass is 16.5. The van der Waals surface area contributed by atoms with E-state index in [1.807, 2.05) is 47.2 Å². The van der Waals surface area contributed by atoms with Gasteiger partial charge in [0.25, 0.3) is 0 Å². The molecule has 3 rings (SSSR count). The van der Waals surface area contributed by atoms with Gasteiger partial charge in [0.15, 0.2) is 0 Å². The summed E-state index contributed by atoms with van der Waals surface area (Å²) in [7, 11) is 1.64. The van der Waals surface area contributed by atoms with Crippen molar-refractivity contribution in [2.75, 3.05) is 13.7 Å². The number of furan rings is 1. The lowest BCUT2D eigenvalue weighted by Gasteiger charge is -2.07. The summed E-state index contributed by atoms with van der Waals surface area (Å²) >= 11 is 0. The molecular weight excluding hydrogens is 280 g/mol. The summed E-state index contributed by atoms with van der Waals surface area (Å²) in [6, 6.07) is 11.5. The van der Waals surface area contributed by atoms with E-state index >= 15 is 0 Å².